The molecular formula is C14H29NO2. The molecule has 0 saturated heterocycles. The molecule has 17 heavy (non-hydrogen) atoms. The van der Waals surface area contributed by atoms with Gasteiger partial charge in [-0.3, -0.25) is 0 Å². The third-order valence-corrected chi connectivity index (χ3v) is 3.78. The van der Waals surface area contributed by atoms with Gasteiger partial charge in [0.2, 0.25) is 0 Å². The molecule has 2 N–H and O–H groups in total. The highest BCUT2D eigenvalue weighted by Gasteiger charge is 2.48. The lowest BCUT2D eigenvalue weighted by Crippen LogP contribution is -2.61. The van der Waals surface area contributed by atoms with E-state index < -0.39 is 0 Å². The lowest BCUT2D eigenvalue weighted by atomic mass is 9.64. The van der Waals surface area contributed by atoms with Crippen molar-refractivity contribution in [3.05, 3.63) is 0 Å². The molecule has 3 heteroatoms. The van der Waals surface area contributed by atoms with Crippen LogP contribution in [0.3, 0.4) is 0 Å². The van der Waals surface area contributed by atoms with E-state index in [0.717, 1.165) is 32.4 Å². The molecule has 2 atom stereocenters. The molecule has 1 saturated carbocycles. The number of unbranched alkanes of at least 4 members (excludes halogenated alkanes) is 1. The maximum Gasteiger partial charge on any atom is 0.0656 e. The average molecular weight is 243 g/mol. The monoisotopic (exact) mass is 243 g/mol. The molecule has 1 aliphatic carbocycles. The van der Waals surface area contributed by atoms with Crippen LogP contribution in [0, 0.1) is 11.3 Å². The number of aliphatic hydroxyl groups excluding tert-OH is 1. The zero-order chi connectivity index (χ0) is 12.9. The minimum absolute atomic E-state index is 0.244. The quantitative estimate of drug-likeness (QED) is 0.642. The van der Waals surface area contributed by atoms with Crippen molar-refractivity contribution < 1.29 is 9.84 Å². The van der Waals surface area contributed by atoms with E-state index in [0.29, 0.717) is 24.7 Å². The number of rotatable bonds is 8. The predicted octanol–water partition coefficient (Wildman–Crippen LogP) is 2.19. The van der Waals surface area contributed by atoms with Crippen molar-refractivity contribution in [1.29, 1.82) is 0 Å². The Morgan fingerprint density at radius 1 is 1.35 bits per heavy atom. The summed E-state index contributed by atoms with van der Waals surface area (Å²) in [4.78, 5) is 0. The fraction of sp³-hybridized carbons (Fsp3) is 1.00. The van der Waals surface area contributed by atoms with E-state index in [9.17, 15) is 0 Å². The summed E-state index contributed by atoms with van der Waals surface area (Å²) in [5.74, 6) is 0.613. The Balaban J connectivity index is 2.19. The van der Waals surface area contributed by atoms with Crippen molar-refractivity contribution in [3.8, 4) is 0 Å². The number of ether oxygens (including phenoxy) is 1. The van der Waals surface area contributed by atoms with E-state index in [2.05, 4.69) is 33.0 Å². The van der Waals surface area contributed by atoms with E-state index in [1.165, 1.54) is 0 Å². The summed E-state index contributed by atoms with van der Waals surface area (Å²) in [7, 11) is 0. The Labute approximate surface area is 106 Å². The minimum atomic E-state index is 0.244. The molecule has 0 aromatic carbocycles. The van der Waals surface area contributed by atoms with E-state index in [4.69, 9.17) is 9.84 Å². The summed E-state index contributed by atoms with van der Waals surface area (Å²) in [5.41, 5.74) is 0.244. The summed E-state index contributed by atoms with van der Waals surface area (Å²) in [6.07, 6.45) is 3.48. The van der Waals surface area contributed by atoms with Crippen molar-refractivity contribution in [2.75, 3.05) is 19.8 Å². The SMILES string of the molecule is CC(C)COC1CC(NCCCCO)C1(C)C. The smallest absolute Gasteiger partial charge is 0.0656 e. The summed E-state index contributed by atoms with van der Waals surface area (Å²) >= 11 is 0. The van der Waals surface area contributed by atoms with Crippen LogP contribution in [0.15, 0.2) is 0 Å². The van der Waals surface area contributed by atoms with Gasteiger partial charge >= 0.3 is 0 Å². The fourth-order valence-corrected chi connectivity index (χ4v) is 2.34. The number of hydrogen-bond acceptors (Lipinski definition) is 3. The van der Waals surface area contributed by atoms with Crippen molar-refractivity contribution in [3.63, 3.8) is 0 Å². The van der Waals surface area contributed by atoms with Gasteiger partial charge in [0.15, 0.2) is 0 Å². The minimum Gasteiger partial charge on any atom is -0.396 e. The second-order valence-electron chi connectivity index (χ2n) is 6.21. The molecular weight excluding hydrogens is 214 g/mol. The predicted molar refractivity (Wildman–Crippen MR) is 71.1 cm³/mol. The molecule has 0 aromatic heterocycles. The van der Waals surface area contributed by atoms with Gasteiger partial charge in [0.25, 0.3) is 0 Å². The zero-order valence-corrected chi connectivity index (χ0v) is 11.8. The molecule has 0 bridgehead atoms. The highest BCUT2D eigenvalue weighted by molar-refractivity contribution is 5.02. The van der Waals surface area contributed by atoms with Gasteiger partial charge in [0, 0.05) is 24.7 Å². The van der Waals surface area contributed by atoms with Crippen LogP contribution in [0.25, 0.3) is 0 Å². The molecule has 0 aromatic rings. The second kappa shape index (κ2) is 6.72. The lowest BCUT2D eigenvalue weighted by Gasteiger charge is -2.52. The van der Waals surface area contributed by atoms with E-state index in [1.807, 2.05) is 0 Å². The molecule has 3 nitrogen and oxygen atoms in total. The molecule has 1 aliphatic rings. The first-order valence-corrected chi connectivity index (χ1v) is 6.94. The standard InChI is InChI=1S/C14H29NO2/c1-11(2)10-17-13-9-12(14(13,3)4)15-7-5-6-8-16/h11-13,15-16H,5-10H2,1-4H3. The lowest BCUT2D eigenvalue weighted by molar-refractivity contribution is -0.123. The molecule has 0 aliphatic heterocycles. The molecule has 1 fully saturated rings. The second-order valence-corrected chi connectivity index (χ2v) is 6.21. The van der Waals surface area contributed by atoms with Crippen LogP contribution in [0.1, 0.15) is 47.0 Å². The van der Waals surface area contributed by atoms with Gasteiger partial charge < -0.3 is 15.2 Å². The maximum atomic E-state index is 8.72. The molecule has 0 amide bonds. The summed E-state index contributed by atoms with van der Waals surface area (Å²) in [6.45, 7) is 11.1. The Morgan fingerprint density at radius 3 is 2.59 bits per heavy atom. The Bertz CT molecular complexity index is 216. The van der Waals surface area contributed by atoms with Crippen LogP contribution in [-0.2, 0) is 4.74 Å². The van der Waals surface area contributed by atoms with Gasteiger partial charge in [0.05, 0.1) is 6.10 Å². The van der Waals surface area contributed by atoms with Gasteiger partial charge in [-0.2, -0.15) is 0 Å². The topological polar surface area (TPSA) is 41.5 Å². The number of nitrogens with one attached hydrogen (secondary N) is 1. The fourth-order valence-electron chi connectivity index (χ4n) is 2.34. The van der Waals surface area contributed by atoms with Crippen LogP contribution in [0.5, 0.6) is 0 Å². The van der Waals surface area contributed by atoms with Gasteiger partial charge in [-0.05, 0) is 31.7 Å². The molecule has 2 unspecified atom stereocenters. The highest BCUT2D eigenvalue weighted by atomic mass is 16.5. The van der Waals surface area contributed by atoms with Crippen LogP contribution >= 0.6 is 0 Å². The van der Waals surface area contributed by atoms with E-state index in [-0.39, 0.29) is 5.41 Å². The number of hydrogen-bond donors (Lipinski definition) is 2. The van der Waals surface area contributed by atoms with Gasteiger partial charge in [0.1, 0.15) is 0 Å². The number of aliphatic hydroxyl groups is 1. The third kappa shape index (κ3) is 4.23. The normalized spacial score (nSPS) is 27.2. The zero-order valence-electron chi connectivity index (χ0n) is 11.8. The van der Waals surface area contributed by atoms with Crippen molar-refractivity contribution in [2.45, 2.75) is 59.1 Å². The first-order valence-electron chi connectivity index (χ1n) is 6.94. The molecule has 0 radical (unpaired) electrons. The average Bonchev–Trinajstić information content (AvgIpc) is 2.25. The van der Waals surface area contributed by atoms with E-state index in [1.54, 1.807) is 0 Å². The summed E-state index contributed by atoms with van der Waals surface area (Å²) in [5, 5.41) is 12.3. The third-order valence-electron chi connectivity index (χ3n) is 3.78. The molecule has 102 valence electrons. The van der Waals surface area contributed by atoms with Crippen LogP contribution in [-0.4, -0.2) is 37.0 Å². The van der Waals surface area contributed by atoms with Gasteiger partial charge in [-0.1, -0.05) is 27.7 Å². The Hall–Kier alpha value is -0.120. The van der Waals surface area contributed by atoms with Crippen molar-refractivity contribution >= 4 is 0 Å². The van der Waals surface area contributed by atoms with E-state index >= 15 is 0 Å². The summed E-state index contributed by atoms with van der Waals surface area (Å²) in [6, 6.07) is 0.568. The molecule has 0 spiro atoms. The first-order chi connectivity index (χ1) is 7.98. The first kappa shape index (κ1) is 14.9. The maximum absolute atomic E-state index is 8.72. The molecule has 1 rings (SSSR count). The van der Waals surface area contributed by atoms with Crippen molar-refractivity contribution in [1.82, 2.24) is 5.32 Å². The van der Waals surface area contributed by atoms with Gasteiger partial charge in [-0.25, -0.2) is 0 Å². The largest absolute Gasteiger partial charge is 0.396 e. The molecule has 0 heterocycles. The summed E-state index contributed by atoms with van der Waals surface area (Å²) < 4.78 is 5.93. The highest BCUT2D eigenvalue weighted by Crippen LogP contribution is 2.42. The van der Waals surface area contributed by atoms with Gasteiger partial charge in [-0.15, -0.1) is 0 Å². The van der Waals surface area contributed by atoms with Crippen molar-refractivity contribution in [2.24, 2.45) is 11.3 Å². The Kier molecular flexibility index (Phi) is 5.90. The van der Waals surface area contributed by atoms with Crippen LogP contribution < -0.4 is 5.32 Å². The van der Waals surface area contributed by atoms with Crippen LogP contribution in [0.2, 0.25) is 0 Å². The Morgan fingerprint density at radius 2 is 2.06 bits per heavy atom. The van der Waals surface area contributed by atoms with Crippen LogP contribution in [0.4, 0.5) is 0 Å².